The molecule has 1 aromatic heterocycles. The number of nitriles is 1. The van der Waals surface area contributed by atoms with E-state index >= 15 is 0 Å². The fraction of sp³-hybridized carbons (Fsp3) is 0.650. The molecule has 0 unspecified atom stereocenters. The van der Waals surface area contributed by atoms with Crippen molar-refractivity contribution in [2.24, 2.45) is 5.92 Å². The molecule has 180 valence electrons. The number of aliphatic carboxylic acids is 2. The highest BCUT2D eigenvalue weighted by molar-refractivity contribution is 6.32. The third kappa shape index (κ3) is 8.57. The van der Waals surface area contributed by atoms with Crippen LogP contribution >= 0.6 is 0 Å². The lowest BCUT2D eigenvalue weighted by Crippen LogP contribution is -2.43. The lowest BCUT2D eigenvalue weighted by atomic mass is 10.1. The molecule has 2 aliphatic rings. The number of carbonyl (C=O) groups is 4. The first-order valence-electron chi connectivity index (χ1n) is 10.6. The summed E-state index contributed by atoms with van der Waals surface area (Å²) in [7, 11) is 0. The second-order valence-corrected chi connectivity index (χ2v) is 8.02. The second kappa shape index (κ2) is 12.6. The lowest BCUT2D eigenvalue weighted by Gasteiger charge is -2.21. The fourth-order valence-electron chi connectivity index (χ4n) is 3.86. The van der Waals surface area contributed by atoms with E-state index in [0.717, 1.165) is 25.8 Å². The number of nitrogens with zero attached hydrogens (tertiary/aromatic N) is 5. The maximum absolute atomic E-state index is 13.4. The average Bonchev–Trinajstić information content (AvgIpc) is 3.52. The van der Waals surface area contributed by atoms with Gasteiger partial charge in [-0.1, -0.05) is 0 Å². The number of carboxylic acid groups (broad SMARTS) is 2. The number of alkyl halides is 1. The van der Waals surface area contributed by atoms with Gasteiger partial charge < -0.3 is 20.4 Å². The van der Waals surface area contributed by atoms with Crippen LogP contribution in [0.4, 0.5) is 4.39 Å². The summed E-state index contributed by atoms with van der Waals surface area (Å²) >= 11 is 0. The molecular weight excluding hydrogens is 439 g/mol. The molecule has 3 rings (SSSR count). The summed E-state index contributed by atoms with van der Waals surface area (Å²) in [6.45, 7) is 1.06. The molecule has 2 heterocycles. The summed E-state index contributed by atoms with van der Waals surface area (Å²) in [4.78, 5) is 47.2. The number of hydrogen-bond acceptors (Lipinski definition) is 8. The molecule has 12 nitrogen and oxygen atoms in total. The average molecular weight is 466 g/mol. The summed E-state index contributed by atoms with van der Waals surface area (Å²) in [6.07, 6.45) is 4.52. The first-order valence-corrected chi connectivity index (χ1v) is 10.6. The first kappa shape index (κ1) is 25.9. The van der Waals surface area contributed by atoms with Gasteiger partial charge in [0, 0.05) is 25.4 Å². The number of likely N-dealkylation sites (tertiary alicyclic amines) is 1. The number of carboxylic acids is 2. The normalized spacial score (nSPS) is 23.9. The molecule has 33 heavy (non-hydrogen) atoms. The first-order chi connectivity index (χ1) is 15.7. The maximum Gasteiger partial charge on any atom is 0.372 e. The summed E-state index contributed by atoms with van der Waals surface area (Å²) in [5.74, 6) is -3.48. The van der Waals surface area contributed by atoms with Gasteiger partial charge in [0.15, 0.2) is 0 Å². The van der Waals surface area contributed by atoms with Crippen LogP contribution < -0.4 is 5.32 Å². The minimum Gasteiger partial charge on any atom is -0.481 e. The SMILES string of the molecule is N#C[C@@H]1C[C@H](F)CN1C(=O)CN[C@@H]1CC[C@H](Cn2cncn2)C1.O=C(O)CCC(=O)C(=O)O. The van der Waals surface area contributed by atoms with Crippen LogP contribution in [-0.2, 0) is 25.7 Å². The molecule has 13 heteroatoms. The van der Waals surface area contributed by atoms with Gasteiger partial charge in [-0.3, -0.25) is 19.1 Å². The Labute approximate surface area is 189 Å². The van der Waals surface area contributed by atoms with Gasteiger partial charge in [0.25, 0.3) is 0 Å². The van der Waals surface area contributed by atoms with Crippen molar-refractivity contribution < 1.29 is 33.8 Å². The highest BCUT2D eigenvalue weighted by Gasteiger charge is 2.35. The Hall–Kier alpha value is -3.40. The van der Waals surface area contributed by atoms with E-state index in [0.29, 0.717) is 5.92 Å². The Morgan fingerprint density at radius 2 is 1.94 bits per heavy atom. The van der Waals surface area contributed by atoms with Crippen molar-refractivity contribution in [3.8, 4) is 6.07 Å². The maximum atomic E-state index is 13.4. The van der Waals surface area contributed by atoms with Crippen molar-refractivity contribution in [1.82, 2.24) is 25.0 Å². The molecule has 1 aliphatic heterocycles. The molecule has 2 fully saturated rings. The van der Waals surface area contributed by atoms with Crippen molar-refractivity contribution in [2.45, 2.75) is 63.3 Å². The predicted octanol–water partition coefficient (Wildman–Crippen LogP) is 0.00388. The van der Waals surface area contributed by atoms with E-state index in [9.17, 15) is 23.6 Å². The highest BCUT2D eigenvalue weighted by Crippen LogP contribution is 2.27. The molecule has 4 atom stereocenters. The quantitative estimate of drug-likeness (QED) is 0.420. The van der Waals surface area contributed by atoms with Crippen molar-refractivity contribution in [2.75, 3.05) is 13.1 Å². The number of Topliss-reactive ketones (excluding diaryl/α,β-unsaturated/α-hetero) is 1. The van der Waals surface area contributed by atoms with Gasteiger partial charge in [-0.25, -0.2) is 14.2 Å². The summed E-state index contributed by atoms with van der Waals surface area (Å²) in [5.41, 5.74) is 0. The zero-order chi connectivity index (χ0) is 24.4. The Morgan fingerprint density at radius 3 is 2.55 bits per heavy atom. The van der Waals surface area contributed by atoms with Crippen molar-refractivity contribution in [3.05, 3.63) is 12.7 Å². The number of halogens is 1. The van der Waals surface area contributed by atoms with Gasteiger partial charge in [0.1, 0.15) is 24.9 Å². The number of hydrogen-bond donors (Lipinski definition) is 3. The van der Waals surface area contributed by atoms with Crippen molar-refractivity contribution in [1.29, 1.82) is 5.26 Å². The van der Waals surface area contributed by atoms with Crippen LogP contribution in [0, 0.1) is 17.2 Å². The molecule has 1 amide bonds. The van der Waals surface area contributed by atoms with Crippen LogP contribution in [0.1, 0.15) is 38.5 Å². The Bertz CT molecular complexity index is 873. The van der Waals surface area contributed by atoms with E-state index < -0.39 is 42.8 Å². The molecular formula is C20H27FN6O6. The summed E-state index contributed by atoms with van der Waals surface area (Å²) in [6, 6.07) is 1.67. The fourth-order valence-corrected chi connectivity index (χ4v) is 3.86. The number of aromatic nitrogens is 3. The van der Waals surface area contributed by atoms with Crippen LogP contribution in [0.25, 0.3) is 0 Å². The van der Waals surface area contributed by atoms with Crippen molar-refractivity contribution >= 4 is 23.6 Å². The smallest absolute Gasteiger partial charge is 0.372 e. The molecule has 1 aromatic rings. The van der Waals surface area contributed by atoms with Gasteiger partial charge in [0.2, 0.25) is 11.7 Å². The van der Waals surface area contributed by atoms with Gasteiger partial charge >= 0.3 is 11.9 Å². The Morgan fingerprint density at radius 1 is 1.18 bits per heavy atom. The van der Waals surface area contributed by atoms with Gasteiger partial charge in [-0.2, -0.15) is 10.4 Å². The molecule has 1 aliphatic carbocycles. The van der Waals surface area contributed by atoms with E-state index in [4.69, 9.17) is 15.5 Å². The number of rotatable bonds is 9. The monoisotopic (exact) mass is 466 g/mol. The van der Waals surface area contributed by atoms with E-state index in [2.05, 4.69) is 15.4 Å². The number of ketones is 1. The van der Waals surface area contributed by atoms with Crippen LogP contribution in [0.5, 0.6) is 0 Å². The van der Waals surface area contributed by atoms with Crippen molar-refractivity contribution in [3.63, 3.8) is 0 Å². The zero-order valence-corrected chi connectivity index (χ0v) is 18.0. The van der Waals surface area contributed by atoms with Crippen LogP contribution in [-0.4, -0.2) is 84.9 Å². The largest absolute Gasteiger partial charge is 0.481 e. The summed E-state index contributed by atoms with van der Waals surface area (Å²) < 4.78 is 15.2. The minimum atomic E-state index is -1.58. The minimum absolute atomic E-state index is 0.0400. The summed E-state index contributed by atoms with van der Waals surface area (Å²) in [5, 5.41) is 32.3. The molecule has 0 spiro atoms. The Kier molecular flexibility index (Phi) is 9.86. The van der Waals surface area contributed by atoms with E-state index in [1.165, 1.54) is 11.2 Å². The molecule has 3 N–H and O–H groups in total. The standard InChI is InChI=1S/C15H21FN6O.C5H6O5/c16-12-4-14(5-17)22(8-12)15(23)6-19-13-2-1-11(3-13)7-21-10-18-9-20-21;6-3(5(9)10)1-2-4(7)8/h9-14,19H,1-4,6-8H2;1-2H2,(H,7,8)(H,9,10)/t11-,12-,13+,14-;/m0./s1. The third-order valence-electron chi connectivity index (χ3n) is 5.52. The van der Waals surface area contributed by atoms with Gasteiger partial charge in [0.05, 0.1) is 25.6 Å². The molecule has 1 saturated carbocycles. The van der Waals surface area contributed by atoms with E-state index in [1.807, 2.05) is 10.8 Å². The number of amides is 1. The van der Waals surface area contributed by atoms with E-state index in [-0.39, 0.29) is 31.5 Å². The van der Waals surface area contributed by atoms with Crippen LogP contribution in [0.3, 0.4) is 0 Å². The lowest BCUT2D eigenvalue weighted by molar-refractivity contribution is -0.149. The molecule has 1 saturated heterocycles. The van der Waals surface area contributed by atoms with E-state index in [1.54, 1.807) is 6.33 Å². The third-order valence-corrected chi connectivity index (χ3v) is 5.52. The second-order valence-electron chi connectivity index (χ2n) is 8.02. The molecule has 0 radical (unpaired) electrons. The predicted molar refractivity (Wildman–Crippen MR) is 109 cm³/mol. The van der Waals surface area contributed by atoms with Crippen LogP contribution in [0.15, 0.2) is 12.7 Å². The van der Waals surface area contributed by atoms with Crippen LogP contribution in [0.2, 0.25) is 0 Å². The Balaban J connectivity index is 0.000000328. The zero-order valence-electron chi connectivity index (χ0n) is 18.0. The topological polar surface area (TPSA) is 179 Å². The molecule has 0 aromatic carbocycles. The number of carbonyl (C=O) groups excluding carboxylic acids is 2. The van der Waals surface area contributed by atoms with Gasteiger partial charge in [-0.05, 0) is 25.2 Å². The number of nitrogens with one attached hydrogen (secondary N) is 1. The van der Waals surface area contributed by atoms with Gasteiger partial charge in [-0.15, -0.1) is 0 Å². The highest BCUT2D eigenvalue weighted by atomic mass is 19.1. The molecule has 0 bridgehead atoms.